The van der Waals surface area contributed by atoms with Crippen molar-refractivity contribution in [3.63, 3.8) is 0 Å². The van der Waals surface area contributed by atoms with E-state index in [0.29, 0.717) is 12.1 Å². The average molecular weight is 300 g/mol. The number of halogens is 5. The molecule has 0 unspecified atom stereocenters. The molecule has 0 aliphatic carbocycles. The lowest BCUT2D eigenvalue weighted by Crippen LogP contribution is -2.35. The van der Waals surface area contributed by atoms with E-state index in [1.54, 1.807) is 0 Å². The molecular weight excluding hydrogens is 290 g/mol. The van der Waals surface area contributed by atoms with Crippen LogP contribution in [0.5, 0.6) is 5.75 Å². The number of benzene rings is 2. The fraction of sp³-hybridized carbons (Fsp3) is 0.143. The minimum Gasteiger partial charge on any atom is -0.494 e. The quantitative estimate of drug-likeness (QED) is 0.623. The topological polar surface area (TPSA) is 9.23 Å². The Morgan fingerprint density at radius 1 is 0.857 bits per heavy atom. The van der Waals surface area contributed by atoms with Gasteiger partial charge >= 0.3 is 0 Å². The summed E-state index contributed by atoms with van der Waals surface area (Å²) < 4.78 is 72.4. The second-order valence-corrected chi connectivity index (χ2v) is 4.51. The fourth-order valence-electron chi connectivity index (χ4n) is 1.96. The molecule has 0 amide bonds. The molecule has 0 aromatic heterocycles. The molecule has 2 aromatic carbocycles. The molecule has 0 spiro atoms. The second-order valence-electron chi connectivity index (χ2n) is 4.51. The Balaban J connectivity index is 2.51. The van der Waals surface area contributed by atoms with Crippen LogP contribution in [-0.4, -0.2) is 14.4 Å². The average Bonchev–Trinajstić information content (AvgIpc) is 2.43. The van der Waals surface area contributed by atoms with E-state index in [1.165, 1.54) is 7.11 Å². The van der Waals surface area contributed by atoms with Crippen molar-refractivity contribution in [2.75, 3.05) is 7.11 Å². The van der Waals surface area contributed by atoms with Crippen molar-refractivity contribution in [1.29, 1.82) is 0 Å². The molecule has 0 saturated carbocycles. The molecule has 0 bridgehead atoms. The molecule has 0 heterocycles. The summed E-state index contributed by atoms with van der Waals surface area (Å²) in [5.41, 5.74) is -1.00. The minimum absolute atomic E-state index is 0.156. The summed E-state index contributed by atoms with van der Waals surface area (Å²) in [5.74, 6) is -5.37. The van der Waals surface area contributed by atoms with E-state index in [9.17, 15) is 22.0 Å². The first-order valence-electron chi connectivity index (χ1n) is 6.00. The van der Waals surface area contributed by atoms with E-state index in [-0.39, 0.29) is 16.8 Å². The highest BCUT2D eigenvalue weighted by Gasteiger charge is 2.20. The van der Waals surface area contributed by atoms with Crippen LogP contribution in [0.4, 0.5) is 22.0 Å². The monoisotopic (exact) mass is 300 g/mol. The zero-order valence-corrected chi connectivity index (χ0v) is 11.2. The Bertz CT molecular complexity index is 702. The van der Waals surface area contributed by atoms with Crippen LogP contribution >= 0.6 is 0 Å². The van der Waals surface area contributed by atoms with Gasteiger partial charge in [0.15, 0.2) is 11.6 Å². The standard InChI is InChI=1S/C14H10BF5O/c1-6-8(16)4-11(19)13(14(6)20)15-7-3-12(21-2)10(18)5-9(7)17/h3-5,15H,1-2H3. The van der Waals surface area contributed by atoms with E-state index in [1.807, 2.05) is 0 Å². The van der Waals surface area contributed by atoms with Crippen LogP contribution in [-0.2, 0) is 0 Å². The van der Waals surface area contributed by atoms with Gasteiger partial charge in [-0.05, 0) is 23.9 Å². The van der Waals surface area contributed by atoms with Crippen molar-refractivity contribution >= 4 is 18.2 Å². The van der Waals surface area contributed by atoms with Crippen molar-refractivity contribution in [2.45, 2.75) is 6.92 Å². The van der Waals surface area contributed by atoms with Crippen molar-refractivity contribution in [1.82, 2.24) is 0 Å². The highest BCUT2D eigenvalue weighted by molar-refractivity contribution is 6.67. The third kappa shape index (κ3) is 2.86. The van der Waals surface area contributed by atoms with E-state index in [0.717, 1.165) is 13.0 Å². The predicted octanol–water partition coefficient (Wildman–Crippen LogP) is 2.09. The maximum atomic E-state index is 13.9. The van der Waals surface area contributed by atoms with Gasteiger partial charge in [0.1, 0.15) is 23.3 Å². The number of hydrogen-bond donors (Lipinski definition) is 0. The Kier molecular flexibility index (Phi) is 4.20. The minimum atomic E-state index is -1.13. The summed E-state index contributed by atoms with van der Waals surface area (Å²) in [4.78, 5) is 0. The predicted molar refractivity (Wildman–Crippen MR) is 70.4 cm³/mol. The summed E-state index contributed by atoms with van der Waals surface area (Å²) in [7, 11) is 0.699. The molecule has 2 rings (SSSR count). The van der Waals surface area contributed by atoms with Crippen molar-refractivity contribution in [3.8, 4) is 5.75 Å². The maximum Gasteiger partial charge on any atom is 0.204 e. The van der Waals surface area contributed by atoms with Gasteiger partial charge in [-0.15, -0.1) is 0 Å². The zero-order chi connectivity index (χ0) is 15.7. The lowest BCUT2D eigenvalue weighted by atomic mass is 9.63. The molecule has 2 aromatic rings. The van der Waals surface area contributed by atoms with Gasteiger partial charge in [-0.2, -0.15) is 0 Å². The molecule has 0 fully saturated rings. The van der Waals surface area contributed by atoms with Crippen molar-refractivity contribution in [3.05, 3.63) is 52.8 Å². The number of ether oxygens (including phenoxy) is 1. The first kappa shape index (κ1) is 15.3. The van der Waals surface area contributed by atoms with E-state index >= 15 is 0 Å². The van der Waals surface area contributed by atoms with Gasteiger partial charge in [0.2, 0.25) is 7.28 Å². The summed E-state index contributed by atoms with van der Waals surface area (Å²) in [6, 6.07) is 2.12. The van der Waals surface area contributed by atoms with Gasteiger partial charge in [0.25, 0.3) is 0 Å². The highest BCUT2D eigenvalue weighted by atomic mass is 19.2. The largest absolute Gasteiger partial charge is 0.494 e. The number of rotatable bonds is 3. The lowest BCUT2D eigenvalue weighted by molar-refractivity contribution is 0.385. The van der Waals surface area contributed by atoms with Crippen molar-refractivity contribution in [2.24, 2.45) is 0 Å². The second kappa shape index (κ2) is 5.75. The molecular formula is C14H10BF5O. The fourth-order valence-corrected chi connectivity index (χ4v) is 1.96. The first-order chi connectivity index (χ1) is 9.85. The molecule has 0 aliphatic heterocycles. The Hall–Kier alpha value is -2.05. The van der Waals surface area contributed by atoms with Crippen LogP contribution < -0.4 is 15.7 Å². The maximum absolute atomic E-state index is 13.9. The molecule has 0 aliphatic rings. The van der Waals surface area contributed by atoms with Crippen LogP contribution in [0.1, 0.15) is 5.56 Å². The van der Waals surface area contributed by atoms with Gasteiger partial charge < -0.3 is 4.74 Å². The van der Waals surface area contributed by atoms with Gasteiger partial charge in [0, 0.05) is 17.7 Å². The molecule has 21 heavy (non-hydrogen) atoms. The third-order valence-corrected chi connectivity index (χ3v) is 3.18. The lowest BCUT2D eigenvalue weighted by Gasteiger charge is -2.10. The summed E-state index contributed by atoms with van der Waals surface area (Å²) in [6.07, 6.45) is 0. The molecule has 1 nitrogen and oxygen atoms in total. The van der Waals surface area contributed by atoms with E-state index < -0.39 is 41.8 Å². The molecule has 0 atom stereocenters. The summed E-state index contributed by atoms with van der Waals surface area (Å²) in [6.45, 7) is 1.15. The molecule has 7 heteroatoms. The molecule has 110 valence electrons. The van der Waals surface area contributed by atoms with Gasteiger partial charge in [0.05, 0.1) is 7.11 Å². The van der Waals surface area contributed by atoms with Crippen LogP contribution in [0.25, 0.3) is 0 Å². The number of hydrogen-bond acceptors (Lipinski definition) is 1. The summed E-state index contributed by atoms with van der Waals surface area (Å²) >= 11 is 0. The third-order valence-electron chi connectivity index (χ3n) is 3.18. The van der Waals surface area contributed by atoms with E-state index in [4.69, 9.17) is 4.74 Å². The summed E-state index contributed by atoms with van der Waals surface area (Å²) in [5, 5.41) is 0. The molecule has 0 radical (unpaired) electrons. The van der Waals surface area contributed by atoms with E-state index in [2.05, 4.69) is 0 Å². The molecule has 0 saturated heterocycles. The Labute approximate surface area is 118 Å². The van der Waals surface area contributed by atoms with Crippen LogP contribution in [0.2, 0.25) is 0 Å². The van der Waals surface area contributed by atoms with Crippen LogP contribution in [0.3, 0.4) is 0 Å². The SMILES string of the molecule is COc1cc(Bc2c(F)cc(F)c(C)c2F)c(F)cc1F. The van der Waals surface area contributed by atoms with Crippen LogP contribution in [0, 0.1) is 36.0 Å². The Morgan fingerprint density at radius 3 is 2.10 bits per heavy atom. The highest BCUT2D eigenvalue weighted by Crippen LogP contribution is 2.16. The first-order valence-corrected chi connectivity index (χ1v) is 6.00. The van der Waals surface area contributed by atoms with Gasteiger partial charge in [-0.25, -0.2) is 22.0 Å². The smallest absolute Gasteiger partial charge is 0.204 e. The molecule has 0 N–H and O–H groups in total. The van der Waals surface area contributed by atoms with Gasteiger partial charge in [-0.3, -0.25) is 0 Å². The van der Waals surface area contributed by atoms with Crippen molar-refractivity contribution < 1.29 is 26.7 Å². The normalized spacial score (nSPS) is 10.6. The Morgan fingerprint density at radius 2 is 1.48 bits per heavy atom. The zero-order valence-electron chi connectivity index (χ0n) is 11.2. The number of methoxy groups -OCH3 is 1. The van der Waals surface area contributed by atoms with Gasteiger partial charge in [-0.1, -0.05) is 0 Å². The van der Waals surface area contributed by atoms with Crippen LogP contribution in [0.15, 0.2) is 18.2 Å².